The quantitative estimate of drug-likeness (QED) is 0.932. The van der Waals surface area contributed by atoms with Crippen LogP contribution in [0.4, 0.5) is 0 Å². The first-order valence-electron chi connectivity index (χ1n) is 7.41. The lowest BCUT2D eigenvalue weighted by molar-refractivity contribution is 0.0932. The van der Waals surface area contributed by atoms with Crippen LogP contribution in [0.1, 0.15) is 23.3 Å². The van der Waals surface area contributed by atoms with Crippen molar-refractivity contribution in [1.82, 2.24) is 20.2 Å². The van der Waals surface area contributed by atoms with Crippen molar-refractivity contribution in [2.75, 3.05) is 26.7 Å². The molecule has 0 radical (unpaired) electrons. The van der Waals surface area contributed by atoms with Crippen LogP contribution in [0.15, 0.2) is 30.5 Å². The first kappa shape index (κ1) is 13.9. The number of hydrogen-bond donors (Lipinski definition) is 1. The predicted octanol–water partition coefficient (Wildman–Crippen LogP) is 1.70. The molecule has 1 unspecified atom stereocenters. The molecule has 1 amide bonds. The van der Waals surface area contributed by atoms with E-state index >= 15 is 0 Å². The maximum Gasteiger partial charge on any atom is 0.271 e. The van der Waals surface area contributed by atoms with Gasteiger partial charge >= 0.3 is 0 Å². The van der Waals surface area contributed by atoms with Gasteiger partial charge < -0.3 is 10.2 Å². The molecule has 1 aliphatic heterocycles. The number of para-hydroxylation sites is 2. The third kappa shape index (κ3) is 3.36. The minimum atomic E-state index is -0.138. The minimum absolute atomic E-state index is 0.138. The maximum atomic E-state index is 12.2. The highest BCUT2D eigenvalue weighted by atomic mass is 16.1. The molecule has 1 fully saturated rings. The molecule has 1 N–H and O–H groups in total. The number of likely N-dealkylation sites (tertiary alicyclic amines) is 1. The Bertz CT molecular complexity index is 643. The molecular formula is C16H20N4O. The molecule has 1 aliphatic rings. The highest BCUT2D eigenvalue weighted by Crippen LogP contribution is 2.14. The maximum absolute atomic E-state index is 12.2. The largest absolute Gasteiger partial charge is 0.350 e. The van der Waals surface area contributed by atoms with E-state index in [-0.39, 0.29) is 5.91 Å². The van der Waals surface area contributed by atoms with Gasteiger partial charge in [0.1, 0.15) is 5.69 Å². The minimum Gasteiger partial charge on any atom is -0.350 e. The average molecular weight is 284 g/mol. The Kier molecular flexibility index (Phi) is 4.10. The van der Waals surface area contributed by atoms with Crippen molar-refractivity contribution in [3.8, 4) is 0 Å². The van der Waals surface area contributed by atoms with Crippen LogP contribution in [0.5, 0.6) is 0 Å². The Morgan fingerprint density at radius 1 is 1.38 bits per heavy atom. The highest BCUT2D eigenvalue weighted by Gasteiger charge is 2.18. The van der Waals surface area contributed by atoms with Crippen LogP contribution in [0.25, 0.3) is 11.0 Å². The number of carbonyl (C=O) groups excluding carboxylic acids is 1. The Labute approximate surface area is 124 Å². The number of carbonyl (C=O) groups is 1. The molecule has 5 heteroatoms. The summed E-state index contributed by atoms with van der Waals surface area (Å²) < 4.78 is 0. The van der Waals surface area contributed by atoms with Crippen LogP contribution in [-0.2, 0) is 0 Å². The van der Waals surface area contributed by atoms with Crippen molar-refractivity contribution in [2.24, 2.45) is 5.92 Å². The van der Waals surface area contributed by atoms with Gasteiger partial charge in [0.15, 0.2) is 0 Å². The van der Waals surface area contributed by atoms with Crippen molar-refractivity contribution in [1.29, 1.82) is 0 Å². The Hall–Kier alpha value is -2.01. The molecule has 110 valence electrons. The number of aromatic nitrogens is 2. The molecule has 1 aromatic carbocycles. The lowest BCUT2D eigenvalue weighted by atomic mass is 9.98. The Balaban J connectivity index is 1.63. The van der Waals surface area contributed by atoms with Crippen LogP contribution >= 0.6 is 0 Å². The first-order chi connectivity index (χ1) is 10.2. The van der Waals surface area contributed by atoms with Gasteiger partial charge in [-0.05, 0) is 44.5 Å². The van der Waals surface area contributed by atoms with E-state index < -0.39 is 0 Å². The molecule has 1 aromatic heterocycles. The van der Waals surface area contributed by atoms with Gasteiger partial charge in [0.05, 0.1) is 17.2 Å². The highest BCUT2D eigenvalue weighted by molar-refractivity contribution is 5.93. The van der Waals surface area contributed by atoms with Gasteiger partial charge in [0, 0.05) is 13.1 Å². The fourth-order valence-electron chi connectivity index (χ4n) is 2.83. The zero-order valence-corrected chi connectivity index (χ0v) is 12.2. The number of nitrogens with one attached hydrogen (secondary N) is 1. The molecule has 1 saturated heterocycles. The van der Waals surface area contributed by atoms with E-state index in [4.69, 9.17) is 0 Å². The number of rotatable bonds is 3. The van der Waals surface area contributed by atoms with Gasteiger partial charge in [-0.2, -0.15) is 0 Å². The monoisotopic (exact) mass is 284 g/mol. The van der Waals surface area contributed by atoms with Crippen molar-refractivity contribution < 1.29 is 4.79 Å². The van der Waals surface area contributed by atoms with Gasteiger partial charge in [0.25, 0.3) is 5.91 Å². The number of hydrogen-bond acceptors (Lipinski definition) is 4. The second-order valence-corrected chi connectivity index (χ2v) is 5.72. The molecule has 0 aliphatic carbocycles. The van der Waals surface area contributed by atoms with Gasteiger partial charge in [-0.1, -0.05) is 12.1 Å². The van der Waals surface area contributed by atoms with Crippen molar-refractivity contribution in [3.05, 3.63) is 36.2 Å². The second-order valence-electron chi connectivity index (χ2n) is 5.72. The molecule has 3 rings (SSSR count). The number of piperidine rings is 1. The van der Waals surface area contributed by atoms with Gasteiger partial charge in [-0.25, -0.2) is 4.98 Å². The Morgan fingerprint density at radius 2 is 2.19 bits per heavy atom. The molecule has 1 atom stereocenters. The summed E-state index contributed by atoms with van der Waals surface area (Å²) in [6.07, 6.45) is 3.92. The third-order valence-corrected chi connectivity index (χ3v) is 3.95. The topological polar surface area (TPSA) is 58.1 Å². The smallest absolute Gasteiger partial charge is 0.271 e. The van der Waals surface area contributed by atoms with E-state index in [1.165, 1.54) is 12.8 Å². The van der Waals surface area contributed by atoms with Crippen molar-refractivity contribution in [3.63, 3.8) is 0 Å². The van der Waals surface area contributed by atoms with Gasteiger partial charge in [-0.15, -0.1) is 0 Å². The number of benzene rings is 1. The summed E-state index contributed by atoms with van der Waals surface area (Å²) in [7, 11) is 2.13. The lowest BCUT2D eigenvalue weighted by Gasteiger charge is -2.29. The van der Waals surface area contributed by atoms with E-state index in [9.17, 15) is 4.79 Å². The zero-order valence-electron chi connectivity index (χ0n) is 12.2. The number of nitrogens with zero attached hydrogens (tertiary/aromatic N) is 3. The van der Waals surface area contributed by atoms with Crippen LogP contribution in [-0.4, -0.2) is 47.5 Å². The third-order valence-electron chi connectivity index (χ3n) is 3.95. The molecule has 2 heterocycles. The average Bonchev–Trinajstić information content (AvgIpc) is 2.52. The standard InChI is InChI=1S/C16H20N4O/c1-20-8-4-5-12(11-20)9-18-16(21)15-10-17-13-6-2-3-7-14(13)19-15/h2-3,6-7,10,12H,4-5,8-9,11H2,1H3,(H,18,21). The number of fused-ring (bicyclic) bond motifs is 1. The summed E-state index contributed by atoms with van der Waals surface area (Å²) in [5.41, 5.74) is 1.95. The fraction of sp³-hybridized carbons (Fsp3) is 0.438. The van der Waals surface area contributed by atoms with Crippen LogP contribution in [0.2, 0.25) is 0 Å². The SMILES string of the molecule is CN1CCCC(CNC(=O)c2cnc3ccccc3n2)C1. The molecule has 5 nitrogen and oxygen atoms in total. The summed E-state index contributed by atoms with van der Waals surface area (Å²) in [5, 5.41) is 2.99. The summed E-state index contributed by atoms with van der Waals surface area (Å²) in [4.78, 5) is 23.1. The van der Waals surface area contributed by atoms with E-state index in [0.717, 1.165) is 24.1 Å². The van der Waals surface area contributed by atoms with E-state index in [0.29, 0.717) is 18.2 Å². The van der Waals surface area contributed by atoms with Crippen molar-refractivity contribution in [2.45, 2.75) is 12.8 Å². The predicted molar refractivity (Wildman–Crippen MR) is 82.1 cm³/mol. The number of amides is 1. The van der Waals surface area contributed by atoms with Gasteiger partial charge in [-0.3, -0.25) is 9.78 Å². The molecular weight excluding hydrogens is 264 g/mol. The van der Waals surface area contributed by atoms with Crippen LogP contribution in [0.3, 0.4) is 0 Å². The summed E-state index contributed by atoms with van der Waals surface area (Å²) in [6.45, 7) is 2.90. The Morgan fingerprint density at radius 3 is 3.00 bits per heavy atom. The lowest BCUT2D eigenvalue weighted by Crippen LogP contribution is -2.39. The van der Waals surface area contributed by atoms with Gasteiger partial charge in [0.2, 0.25) is 0 Å². The van der Waals surface area contributed by atoms with Crippen LogP contribution in [0, 0.1) is 5.92 Å². The molecule has 0 spiro atoms. The molecule has 2 aromatic rings. The van der Waals surface area contributed by atoms with Crippen molar-refractivity contribution >= 4 is 16.9 Å². The summed E-state index contributed by atoms with van der Waals surface area (Å²) in [6, 6.07) is 7.57. The van der Waals surface area contributed by atoms with E-state index in [1.54, 1.807) is 6.20 Å². The molecule has 0 saturated carbocycles. The molecule has 0 bridgehead atoms. The summed E-state index contributed by atoms with van der Waals surface area (Å²) >= 11 is 0. The van der Waals surface area contributed by atoms with E-state index in [1.807, 2.05) is 24.3 Å². The zero-order chi connectivity index (χ0) is 14.7. The first-order valence-corrected chi connectivity index (χ1v) is 7.41. The normalized spacial score (nSPS) is 19.6. The fourth-order valence-corrected chi connectivity index (χ4v) is 2.83. The second kappa shape index (κ2) is 6.18. The van der Waals surface area contributed by atoms with Crippen LogP contribution < -0.4 is 5.32 Å². The summed E-state index contributed by atoms with van der Waals surface area (Å²) in [5.74, 6) is 0.391. The van der Waals surface area contributed by atoms with E-state index in [2.05, 4.69) is 27.2 Å². The molecule has 21 heavy (non-hydrogen) atoms.